The zero-order chi connectivity index (χ0) is 15.2. The topological polar surface area (TPSA) is 48.1 Å². The summed E-state index contributed by atoms with van der Waals surface area (Å²) < 4.78 is 0. The smallest absolute Gasteiger partial charge is 0.252 e. The lowest BCUT2D eigenvalue weighted by Gasteiger charge is -2.35. The van der Waals surface area contributed by atoms with Crippen molar-refractivity contribution in [1.29, 1.82) is 0 Å². The van der Waals surface area contributed by atoms with E-state index in [1.807, 2.05) is 6.07 Å². The first-order valence-electron chi connectivity index (χ1n) is 8.04. The summed E-state index contributed by atoms with van der Waals surface area (Å²) in [5, 5.41) is 3.08. The molecule has 2 N–H and O–H groups in total. The number of H-pyrrole nitrogens is 1. The molecular weight excluding hydrogens is 274 g/mol. The molecule has 3 rings (SSSR count). The van der Waals surface area contributed by atoms with Crippen LogP contribution in [0.15, 0.2) is 48.8 Å². The van der Waals surface area contributed by atoms with Gasteiger partial charge in [-0.2, -0.15) is 0 Å². The second-order valence-corrected chi connectivity index (χ2v) is 5.83. The number of carbonyl (C=O) groups is 1. The lowest BCUT2D eigenvalue weighted by molar-refractivity contribution is 0.0924. The minimum atomic E-state index is -0.0146. The van der Waals surface area contributed by atoms with Gasteiger partial charge in [-0.15, -0.1) is 0 Å². The molecule has 116 valence electrons. The molecule has 2 aromatic rings. The highest BCUT2D eigenvalue weighted by atomic mass is 16.1. The van der Waals surface area contributed by atoms with Gasteiger partial charge in [-0.1, -0.05) is 36.8 Å². The zero-order valence-corrected chi connectivity index (χ0v) is 12.8. The highest BCUT2D eigenvalue weighted by Gasteiger charge is 2.22. The van der Waals surface area contributed by atoms with Gasteiger partial charge in [0.05, 0.1) is 11.6 Å². The Morgan fingerprint density at radius 3 is 2.59 bits per heavy atom. The third-order valence-corrected chi connectivity index (χ3v) is 4.33. The van der Waals surface area contributed by atoms with Crippen molar-refractivity contribution < 1.29 is 4.79 Å². The maximum absolute atomic E-state index is 12.2. The molecule has 0 bridgehead atoms. The Bertz CT molecular complexity index is 574. The van der Waals surface area contributed by atoms with E-state index in [1.165, 1.54) is 24.8 Å². The summed E-state index contributed by atoms with van der Waals surface area (Å²) in [5.74, 6) is -0.0146. The fourth-order valence-corrected chi connectivity index (χ4v) is 3.12. The van der Waals surface area contributed by atoms with Crippen molar-refractivity contribution in [2.24, 2.45) is 0 Å². The van der Waals surface area contributed by atoms with Crippen molar-refractivity contribution in [1.82, 2.24) is 15.2 Å². The molecule has 4 nitrogen and oxygen atoms in total. The number of rotatable bonds is 5. The first kappa shape index (κ1) is 14.9. The Labute approximate surface area is 131 Å². The van der Waals surface area contributed by atoms with Crippen LogP contribution < -0.4 is 5.32 Å². The van der Waals surface area contributed by atoms with E-state index in [2.05, 4.69) is 39.5 Å². The van der Waals surface area contributed by atoms with Gasteiger partial charge in [0.1, 0.15) is 0 Å². The van der Waals surface area contributed by atoms with Crippen LogP contribution in [-0.2, 0) is 0 Å². The number of nitrogens with zero attached hydrogens (tertiary/aromatic N) is 1. The molecule has 1 amide bonds. The summed E-state index contributed by atoms with van der Waals surface area (Å²) >= 11 is 0. The van der Waals surface area contributed by atoms with Crippen LogP contribution in [-0.4, -0.2) is 35.4 Å². The third kappa shape index (κ3) is 3.57. The highest BCUT2D eigenvalue weighted by Crippen LogP contribution is 2.24. The molecule has 4 heteroatoms. The fourth-order valence-electron chi connectivity index (χ4n) is 3.12. The van der Waals surface area contributed by atoms with Crippen molar-refractivity contribution in [2.75, 3.05) is 19.6 Å². The maximum atomic E-state index is 12.2. The van der Waals surface area contributed by atoms with Crippen LogP contribution in [0.5, 0.6) is 0 Å². The van der Waals surface area contributed by atoms with E-state index in [9.17, 15) is 4.79 Å². The molecule has 1 atom stereocenters. The van der Waals surface area contributed by atoms with Crippen molar-refractivity contribution in [3.05, 3.63) is 59.9 Å². The van der Waals surface area contributed by atoms with E-state index >= 15 is 0 Å². The summed E-state index contributed by atoms with van der Waals surface area (Å²) in [5.41, 5.74) is 1.96. The van der Waals surface area contributed by atoms with Crippen LogP contribution in [0.1, 0.15) is 41.2 Å². The Kier molecular flexibility index (Phi) is 4.91. The molecule has 1 aromatic carbocycles. The molecule has 1 unspecified atom stereocenters. The molecule has 22 heavy (non-hydrogen) atoms. The predicted molar refractivity (Wildman–Crippen MR) is 87.7 cm³/mol. The van der Waals surface area contributed by atoms with Crippen LogP contribution in [0.25, 0.3) is 0 Å². The summed E-state index contributed by atoms with van der Waals surface area (Å²) in [6, 6.07) is 12.5. The van der Waals surface area contributed by atoms with Gasteiger partial charge in [0.25, 0.3) is 5.91 Å². The number of likely N-dealkylation sites (tertiary alicyclic amines) is 1. The molecule has 1 aliphatic rings. The van der Waals surface area contributed by atoms with Gasteiger partial charge in [0, 0.05) is 18.9 Å². The van der Waals surface area contributed by atoms with Gasteiger partial charge in [-0.25, -0.2) is 0 Å². The average molecular weight is 297 g/mol. The number of carbonyl (C=O) groups excluding carboxylic acids is 1. The normalized spacial score (nSPS) is 17.1. The molecule has 0 aliphatic carbocycles. The van der Waals surface area contributed by atoms with Crippen molar-refractivity contribution >= 4 is 5.91 Å². The van der Waals surface area contributed by atoms with Crippen LogP contribution in [0, 0.1) is 0 Å². The lowest BCUT2D eigenvalue weighted by Crippen LogP contribution is -2.40. The Hall–Kier alpha value is -2.07. The van der Waals surface area contributed by atoms with Gasteiger partial charge >= 0.3 is 0 Å². The Morgan fingerprint density at radius 2 is 1.91 bits per heavy atom. The van der Waals surface area contributed by atoms with Gasteiger partial charge in [-0.3, -0.25) is 9.69 Å². The fraction of sp³-hybridized carbons (Fsp3) is 0.389. The largest absolute Gasteiger partial charge is 0.367 e. The monoisotopic (exact) mass is 297 g/mol. The van der Waals surface area contributed by atoms with Crippen LogP contribution >= 0.6 is 0 Å². The molecule has 1 fully saturated rings. The summed E-state index contributed by atoms with van der Waals surface area (Å²) in [4.78, 5) is 17.6. The Morgan fingerprint density at radius 1 is 1.14 bits per heavy atom. The minimum absolute atomic E-state index is 0.0146. The van der Waals surface area contributed by atoms with Crippen molar-refractivity contribution in [3.63, 3.8) is 0 Å². The van der Waals surface area contributed by atoms with E-state index in [0.717, 1.165) is 13.1 Å². The van der Waals surface area contributed by atoms with Crippen molar-refractivity contribution in [3.8, 4) is 0 Å². The molecular formula is C18H23N3O. The summed E-state index contributed by atoms with van der Waals surface area (Å²) in [7, 11) is 0. The van der Waals surface area contributed by atoms with Gasteiger partial charge in [0.15, 0.2) is 0 Å². The molecule has 1 aliphatic heterocycles. The second kappa shape index (κ2) is 7.27. The number of nitrogens with one attached hydrogen (secondary N) is 2. The lowest BCUT2D eigenvalue weighted by atomic mass is 10.0. The number of amides is 1. The number of hydrogen-bond acceptors (Lipinski definition) is 2. The SMILES string of the molecule is O=C(NCC(c1ccccc1)N1CCCCC1)c1cc[nH]c1. The van der Waals surface area contributed by atoms with E-state index < -0.39 is 0 Å². The summed E-state index contributed by atoms with van der Waals surface area (Å²) in [6.07, 6.45) is 7.31. The molecule has 0 spiro atoms. The van der Waals surface area contributed by atoms with Gasteiger partial charge in [-0.05, 0) is 37.6 Å². The number of piperidine rings is 1. The molecule has 2 heterocycles. The Balaban J connectivity index is 1.69. The average Bonchev–Trinajstić information content (AvgIpc) is 3.11. The molecule has 0 radical (unpaired) electrons. The van der Waals surface area contributed by atoms with E-state index in [-0.39, 0.29) is 11.9 Å². The first-order chi connectivity index (χ1) is 10.8. The minimum Gasteiger partial charge on any atom is -0.367 e. The number of benzene rings is 1. The number of aromatic nitrogens is 1. The maximum Gasteiger partial charge on any atom is 0.252 e. The summed E-state index contributed by atoms with van der Waals surface area (Å²) in [6.45, 7) is 2.87. The van der Waals surface area contributed by atoms with Gasteiger partial charge < -0.3 is 10.3 Å². The van der Waals surface area contributed by atoms with Crippen molar-refractivity contribution in [2.45, 2.75) is 25.3 Å². The van der Waals surface area contributed by atoms with Crippen LogP contribution in [0.2, 0.25) is 0 Å². The zero-order valence-electron chi connectivity index (χ0n) is 12.8. The second-order valence-electron chi connectivity index (χ2n) is 5.83. The third-order valence-electron chi connectivity index (χ3n) is 4.33. The number of hydrogen-bond donors (Lipinski definition) is 2. The molecule has 0 saturated carbocycles. The van der Waals surface area contributed by atoms with E-state index in [1.54, 1.807) is 18.5 Å². The van der Waals surface area contributed by atoms with Gasteiger partial charge in [0.2, 0.25) is 0 Å². The van der Waals surface area contributed by atoms with E-state index in [4.69, 9.17) is 0 Å². The molecule has 1 aromatic heterocycles. The van der Waals surface area contributed by atoms with Crippen LogP contribution in [0.4, 0.5) is 0 Å². The molecule has 1 saturated heterocycles. The first-order valence-corrected chi connectivity index (χ1v) is 8.04. The number of aromatic amines is 1. The standard InChI is InChI=1S/C18H23N3O/c22-18(16-9-10-19-13-16)20-14-17(15-7-3-1-4-8-15)21-11-5-2-6-12-21/h1,3-4,7-10,13,17,19H,2,5-6,11-12,14H2,(H,20,22). The quantitative estimate of drug-likeness (QED) is 0.891. The highest BCUT2D eigenvalue weighted by molar-refractivity contribution is 5.93. The van der Waals surface area contributed by atoms with E-state index in [0.29, 0.717) is 12.1 Å². The predicted octanol–water partition coefficient (Wildman–Crippen LogP) is 2.97. The van der Waals surface area contributed by atoms with Crippen LogP contribution in [0.3, 0.4) is 0 Å².